The monoisotopic (exact) mass is 411 g/mol. The number of aliphatic hydroxyl groups excluding tert-OH is 1. The number of carboxylic acids is 1. The fourth-order valence-corrected chi connectivity index (χ4v) is 6.64. The molecule has 0 bridgehead atoms. The summed E-state index contributed by atoms with van der Waals surface area (Å²) in [4.78, 5) is 40.3. The van der Waals surface area contributed by atoms with E-state index in [0.29, 0.717) is 15.8 Å². The van der Waals surface area contributed by atoms with Gasteiger partial charge in [-0.3, -0.25) is 9.59 Å². The third-order valence-corrected chi connectivity index (χ3v) is 7.82. The van der Waals surface area contributed by atoms with E-state index >= 15 is 0 Å². The maximum absolute atomic E-state index is 12.6. The van der Waals surface area contributed by atoms with E-state index in [1.807, 2.05) is 21.0 Å². The fraction of sp³-hybridized carbons (Fsp3) is 0.737. The number of fused-ring (bicyclic) bond motifs is 1. The molecule has 28 heavy (non-hydrogen) atoms. The smallest absolute Gasteiger partial charge is 0.280 e. The summed E-state index contributed by atoms with van der Waals surface area (Å²) < 4.78 is 0.541. The summed E-state index contributed by atoms with van der Waals surface area (Å²) in [7, 11) is 7.51. The van der Waals surface area contributed by atoms with Crippen LogP contribution in [0.4, 0.5) is 0 Å². The average Bonchev–Trinajstić information content (AvgIpc) is 2.99. The first-order valence-electron chi connectivity index (χ1n) is 9.55. The predicted octanol–water partition coefficient (Wildman–Crippen LogP) is -1.16. The van der Waals surface area contributed by atoms with E-state index in [-0.39, 0.29) is 40.8 Å². The SMILES string of the molecule is CC(O)C1C(=O)N2C(C(=O)[O-])=C(SC3CC(C(=O)N(C)C)[N+](C)(C)C3)C(C)[C@H]12. The Kier molecular flexibility index (Phi) is 5.31. The van der Waals surface area contributed by atoms with Crippen molar-refractivity contribution in [2.75, 3.05) is 34.7 Å². The highest BCUT2D eigenvalue weighted by Gasteiger charge is 2.59. The number of likely N-dealkylation sites (tertiary alicyclic amines) is 1. The Labute approximate surface area is 169 Å². The quantitative estimate of drug-likeness (QED) is 0.453. The number of amides is 2. The number of β-lactam (4-membered cyclic amide) rings is 1. The molecule has 156 valence electrons. The molecule has 0 aromatic carbocycles. The van der Waals surface area contributed by atoms with Gasteiger partial charge in [0.2, 0.25) is 5.91 Å². The number of hydrogen-bond donors (Lipinski definition) is 1. The Morgan fingerprint density at radius 2 is 1.96 bits per heavy atom. The number of likely N-dealkylation sites (N-methyl/N-ethyl adjacent to an activating group) is 2. The highest BCUT2D eigenvalue weighted by Crippen LogP contribution is 2.52. The molecule has 0 spiro atoms. The molecule has 3 aliphatic heterocycles. The molecule has 5 unspecified atom stereocenters. The number of aliphatic carboxylic acids is 1. The zero-order chi connectivity index (χ0) is 21.1. The van der Waals surface area contributed by atoms with Crippen molar-refractivity contribution in [1.29, 1.82) is 0 Å². The van der Waals surface area contributed by atoms with E-state index in [1.54, 1.807) is 25.9 Å². The van der Waals surface area contributed by atoms with Gasteiger partial charge in [-0.1, -0.05) is 6.92 Å². The molecule has 3 heterocycles. The third kappa shape index (κ3) is 3.13. The van der Waals surface area contributed by atoms with Crippen molar-refractivity contribution in [3.63, 3.8) is 0 Å². The Morgan fingerprint density at radius 1 is 1.36 bits per heavy atom. The van der Waals surface area contributed by atoms with Crippen LogP contribution in [0.1, 0.15) is 20.3 Å². The number of carbonyl (C=O) groups excluding carboxylic acids is 3. The number of thioether (sulfide) groups is 1. The number of carboxylic acid groups (broad SMARTS) is 1. The molecule has 8 nitrogen and oxygen atoms in total. The molecule has 9 heteroatoms. The molecule has 2 saturated heterocycles. The summed E-state index contributed by atoms with van der Waals surface area (Å²) >= 11 is 1.45. The van der Waals surface area contributed by atoms with E-state index in [9.17, 15) is 24.6 Å². The predicted molar refractivity (Wildman–Crippen MR) is 102 cm³/mol. The highest BCUT2D eigenvalue weighted by atomic mass is 32.2. The van der Waals surface area contributed by atoms with Crippen LogP contribution in [0.15, 0.2) is 10.6 Å². The zero-order valence-corrected chi connectivity index (χ0v) is 18.0. The first-order chi connectivity index (χ1) is 12.9. The van der Waals surface area contributed by atoms with Crippen LogP contribution in [0.5, 0.6) is 0 Å². The standard InChI is InChI=1S/C19H29N3O5S/c1-9-14-13(10(2)23)18(25)21(14)15(19(26)27)16(9)28-11-7-12(17(24)20(3)4)22(5,6)8-11/h9-14,23H,7-8H2,1-6H3/t9?,10?,11?,12?,13?,14-/m1/s1. The second-order valence-electron chi connectivity index (χ2n) is 8.94. The minimum atomic E-state index is -1.36. The van der Waals surface area contributed by atoms with Gasteiger partial charge in [0.1, 0.15) is 0 Å². The van der Waals surface area contributed by atoms with E-state index in [4.69, 9.17) is 0 Å². The van der Waals surface area contributed by atoms with E-state index in [2.05, 4.69) is 0 Å². The second kappa shape index (κ2) is 7.03. The average molecular weight is 412 g/mol. The topological polar surface area (TPSA) is 101 Å². The summed E-state index contributed by atoms with van der Waals surface area (Å²) in [5.41, 5.74) is -0.0582. The van der Waals surface area contributed by atoms with E-state index in [0.717, 1.165) is 6.54 Å². The lowest BCUT2D eigenvalue weighted by Crippen LogP contribution is -2.64. The molecule has 3 rings (SSSR count). The van der Waals surface area contributed by atoms with Crippen LogP contribution in [0.3, 0.4) is 0 Å². The van der Waals surface area contributed by atoms with Crippen LogP contribution in [-0.4, -0.2) is 95.3 Å². The summed E-state index contributed by atoms with van der Waals surface area (Å²) in [5.74, 6) is -2.42. The van der Waals surface area contributed by atoms with Crippen LogP contribution >= 0.6 is 11.8 Å². The van der Waals surface area contributed by atoms with Gasteiger partial charge in [-0.25, -0.2) is 0 Å². The van der Waals surface area contributed by atoms with Crippen LogP contribution in [0.2, 0.25) is 0 Å². The summed E-state index contributed by atoms with van der Waals surface area (Å²) in [6.45, 7) is 4.18. The number of carbonyl (C=O) groups is 3. The molecule has 0 saturated carbocycles. The van der Waals surface area contributed by atoms with Gasteiger partial charge in [-0.2, -0.15) is 0 Å². The number of rotatable bonds is 5. The normalized spacial score (nSPS) is 34.9. The number of nitrogens with zero attached hydrogens (tertiary/aromatic N) is 3. The van der Waals surface area contributed by atoms with Gasteiger partial charge in [0.25, 0.3) is 5.91 Å². The molecule has 0 aromatic rings. The molecule has 2 amide bonds. The molecule has 0 aromatic heterocycles. The minimum Gasteiger partial charge on any atom is -0.543 e. The van der Waals surface area contributed by atoms with Gasteiger partial charge >= 0.3 is 0 Å². The number of quaternary nitrogens is 1. The van der Waals surface area contributed by atoms with Crippen molar-refractivity contribution < 1.29 is 29.1 Å². The molecule has 0 radical (unpaired) electrons. The van der Waals surface area contributed by atoms with Crippen molar-refractivity contribution in [3.05, 3.63) is 10.6 Å². The van der Waals surface area contributed by atoms with E-state index in [1.165, 1.54) is 16.7 Å². The van der Waals surface area contributed by atoms with E-state index < -0.39 is 18.0 Å². The van der Waals surface area contributed by atoms with Crippen LogP contribution in [0.25, 0.3) is 0 Å². The summed E-state index contributed by atoms with van der Waals surface area (Å²) in [6, 6.07) is -0.522. The minimum absolute atomic E-state index is 0.0582. The summed E-state index contributed by atoms with van der Waals surface area (Å²) in [6.07, 6.45) is -0.184. The molecule has 3 aliphatic rings. The summed E-state index contributed by atoms with van der Waals surface area (Å²) in [5, 5.41) is 21.8. The molecular weight excluding hydrogens is 382 g/mol. The number of hydrogen-bond acceptors (Lipinski definition) is 6. The van der Waals surface area contributed by atoms with Crippen molar-refractivity contribution in [3.8, 4) is 0 Å². The highest BCUT2D eigenvalue weighted by molar-refractivity contribution is 8.03. The first kappa shape index (κ1) is 21.1. The largest absolute Gasteiger partial charge is 0.543 e. The molecule has 0 aliphatic carbocycles. The zero-order valence-electron chi connectivity index (χ0n) is 17.2. The Hall–Kier alpha value is -1.58. The van der Waals surface area contributed by atoms with Crippen molar-refractivity contribution in [2.45, 2.75) is 43.7 Å². The van der Waals surface area contributed by atoms with Crippen molar-refractivity contribution in [1.82, 2.24) is 9.80 Å². The molecule has 6 atom stereocenters. The lowest BCUT2D eigenvalue weighted by Gasteiger charge is -2.47. The Bertz CT molecular complexity index is 748. The molecule has 2 fully saturated rings. The van der Waals surface area contributed by atoms with Gasteiger partial charge in [0.15, 0.2) is 6.04 Å². The van der Waals surface area contributed by atoms with Gasteiger partial charge in [0, 0.05) is 31.3 Å². The fourth-order valence-electron chi connectivity index (χ4n) is 4.89. The van der Waals surface area contributed by atoms with Gasteiger partial charge in [0.05, 0.1) is 55.6 Å². The van der Waals surface area contributed by atoms with Gasteiger partial charge < -0.3 is 29.3 Å². The molecule has 1 N–H and O–H groups in total. The second-order valence-corrected chi connectivity index (χ2v) is 10.3. The van der Waals surface area contributed by atoms with Gasteiger partial charge in [-0.15, -0.1) is 11.8 Å². The lowest BCUT2D eigenvalue weighted by atomic mass is 9.79. The van der Waals surface area contributed by atoms with Crippen molar-refractivity contribution >= 4 is 29.5 Å². The Balaban J connectivity index is 1.85. The van der Waals surface area contributed by atoms with Gasteiger partial charge in [-0.05, 0) is 6.92 Å². The van der Waals surface area contributed by atoms with Crippen LogP contribution in [0, 0.1) is 11.8 Å². The van der Waals surface area contributed by atoms with Crippen LogP contribution < -0.4 is 5.11 Å². The number of aliphatic hydroxyl groups is 1. The van der Waals surface area contributed by atoms with Crippen molar-refractivity contribution in [2.24, 2.45) is 11.8 Å². The maximum Gasteiger partial charge on any atom is 0.280 e. The molecular formula is C19H29N3O5S. The third-order valence-electron chi connectivity index (χ3n) is 6.33. The Morgan fingerprint density at radius 3 is 2.46 bits per heavy atom. The van der Waals surface area contributed by atoms with Crippen LogP contribution in [-0.2, 0) is 14.4 Å². The lowest BCUT2D eigenvalue weighted by molar-refractivity contribution is -0.893. The first-order valence-corrected chi connectivity index (χ1v) is 10.4. The maximum atomic E-state index is 12.6.